The van der Waals surface area contributed by atoms with E-state index in [2.05, 4.69) is 37.2 Å². The number of carbonyl (C=O) groups is 1. The molecule has 1 aromatic rings. The third kappa shape index (κ3) is 5.78. The Morgan fingerprint density at radius 3 is 2.55 bits per heavy atom. The summed E-state index contributed by atoms with van der Waals surface area (Å²) in [5.74, 6) is 0.416. The van der Waals surface area contributed by atoms with Crippen LogP contribution in [0.3, 0.4) is 0 Å². The van der Waals surface area contributed by atoms with E-state index in [0.29, 0.717) is 25.4 Å². The van der Waals surface area contributed by atoms with Crippen molar-refractivity contribution in [2.45, 2.75) is 6.42 Å². The molecule has 0 unspecified atom stereocenters. The van der Waals surface area contributed by atoms with Crippen molar-refractivity contribution in [2.24, 2.45) is 5.73 Å². The average Bonchev–Trinajstić information content (AvgIpc) is 2.38. The number of methoxy groups -OCH3 is 1. The summed E-state index contributed by atoms with van der Waals surface area (Å²) in [6, 6.07) is 3.88. The van der Waals surface area contributed by atoms with Crippen LogP contribution in [0.15, 0.2) is 21.1 Å². The molecule has 0 saturated heterocycles. The fourth-order valence-corrected chi connectivity index (χ4v) is 3.05. The van der Waals surface area contributed by atoms with Crippen LogP contribution >= 0.6 is 31.9 Å². The normalized spacial score (nSPS) is 10.4. The molecule has 0 spiro atoms. The highest BCUT2D eigenvalue weighted by Crippen LogP contribution is 2.34. The second-order valence-corrected chi connectivity index (χ2v) is 5.77. The number of hydrogen-bond donors (Lipinski definition) is 2. The van der Waals surface area contributed by atoms with Crippen molar-refractivity contribution >= 4 is 37.8 Å². The summed E-state index contributed by atoms with van der Waals surface area (Å²) in [7, 11) is 1.58. The van der Waals surface area contributed by atoms with E-state index in [9.17, 15) is 4.79 Å². The first-order chi connectivity index (χ1) is 9.58. The van der Waals surface area contributed by atoms with Gasteiger partial charge in [-0.3, -0.25) is 4.79 Å². The summed E-state index contributed by atoms with van der Waals surface area (Å²) in [5, 5.41) is 2.69. The van der Waals surface area contributed by atoms with Gasteiger partial charge in [-0.15, -0.1) is 0 Å². The van der Waals surface area contributed by atoms with Crippen LogP contribution in [0.4, 0.5) is 0 Å². The molecule has 20 heavy (non-hydrogen) atoms. The van der Waals surface area contributed by atoms with E-state index >= 15 is 0 Å². The zero-order chi connectivity index (χ0) is 15.0. The second-order valence-electron chi connectivity index (χ2n) is 4.06. The highest BCUT2D eigenvalue weighted by atomic mass is 79.9. The van der Waals surface area contributed by atoms with Gasteiger partial charge in [-0.2, -0.15) is 0 Å². The maximum Gasteiger partial charge on any atom is 0.258 e. The van der Waals surface area contributed by atoms with Crippen LogP contribution in [0.5, 0.6) is 5.75 Å². The molecule has 0 bridgehead atoms. The Labute approximate surface area is 135 Å². The minimum atomic E-state index is -0.188. The van der Waals surface area contributed by atoms with Crippen LogP contribution in [-0.4, -0.2) is 39.3 Å². The van der Waals surface area contributed by atoms with Gasteiger partial charge >= 0.3 is 0 Å². The smallest absolute Gasteiger partial charge is 0.258 e. The van der Waals surface area contributed by atoms with Crippen molar-refractivity contribution < 1.29 is 14.3 Å². The molecule has 1 amide bonds. The minimum Gasteiger partial charge on any atom is -0.481 e. The van der Waals surface area contributed by atoms with Crippen molar-refractivity contribution in [1.29, 1.82) is 0 Å². The van der Waals surface area contributed by atoms with Gasteiger partial charge < -0.3 is 20.5 Å². The number of amides is 1. The summed E-state index contributed by atoms with van der Waals surface area (Å²) >= 11 is 6.87. The topological polar surface area (TPSA) is 73.6 Å². The number of nitrogens with two attached hydrogens (primary N) is 1. The standard InChI is InChI=1S/C13H18Br2N2O3/c1-19-5-4-17-12(18)8-20-13-10(14)6-9(2-3-16)7-11(13)15/h6-7H,2-5,8,16H2,1H3,(H,17,18). The van der Waals surface area contributed by atoms with E-state index in [-0.39, 0.29) is 12.5 Å². The lowest BCUT2D eigenvalue weighted by Gasteiger charge is -2.12. The number of benzene rings is 1. The Balaban J connectivity index is 2.57. The van der Waals surface area contributed by atoms with Crippen molar-refractivity contribution in [3.05, 3.63) is 26.6 Å². The Morgan fingerprint density at radius 2 is 2.00 bits per heavy atom. The highest BCUT2D eigenvalue weighted by Gasteiger charge is 2.11. The predicted octanol–water partition coefficient (Wildman–Crippen LogP) is 1.85. The van der Waals surface area contributed by atoms with Crippen LogP contribution in [0, 0.1) is 0 Å². The third-order valence-electron chi connectivity index (χ3n) is 2.47. The second kappa shape index (κ2) is 9.33. The lowest BCUT2D eigenvalue weighted by Crippen LogP contribution is -2.31. The van der Waals surface area contributed by atoms with Crippen molar-refractivity contribution in [1.82, 2.24) is 5.32 Å². The van der Waals surface area contributed by atoms with E-state index in [1.807, 2.05) is 12.1 Å². The average molecular weight is 410 g/mol. The lowest BCUT2D eigenvalue weighted by atomic mass is 10.1. The van der Waals surface area contributed by atoms with Crippen molar-refractivity contribution in [3.8, 4) is 5.75 Å². The van der Waals surface area contributed by atoms with Gasteiger partial charge in [0, 0.05) is 13.7 Å². The maximum absolute atomic E-state index is 11.5. The fraction of sp³-hybridized carbons (Fsp3) is 0.462. The first-order valence-electron chi connectivity index (χ1n) is 6.15. The Kier molecular flexibility index (Phi) is 8.13. The van der Waals surface area contributed by atoms with Gasteiger partial charge in [0.2, 0.25) is 0 Å². The third-order valence-corrected chi connectivity index (χ3v) is 3.65. The molecule has 7 heteroatoms. The molecule has 0 saturated carbocycles. The maximum atomic E-state index is 11.5. The first-order valence-corrected chi connectivity index (χ1v) is 7.73. The largest absolute Gasteiger partial charge is 0.481 e. The SMILES string of the molecule is COCCNC(=O)COc1c(Br)cc(CCN)cc1Br. The molecule has 0 fully saturated rings. The van der Waals surface area contributed by atoms with E-state index in [1.165, 1.54) is 0 Å². The molecule has 0 radical (unpaired) electrons. The van der Waals surface area contributed by atoms with Crippen LogP contribution < -0.4 is 15.8 Å². The molecule has 1 aromatic carbocycles. The summed E-state index contributed by atoms with van der Waals surface area (Å²) in [5.41, 5.74) is 6.63. The number of halogens is 2. The quantitative estimate of drug-likeness (QED) is 0.642. The van der Waals surface area contributed by atoms with Crippen molar-refractivity contribution in [3.63, 3.8) is 0 Å². The number of nitrogens with one attached hydrogen (secondary N) is 1. The molecule has 0 heterocycles. The van der Waals surface area contributed by atoms with Crippen LogP contribution in [0.1, 0.15) is 5.56 Å². The molecular weight excluding hydrogens is 392 g/mol. The van der Waals surface area contributed by atoms with Crippen LogP contribution in [-0.2, 0) is 16.0 Å². The van der Waals surface area contributed by atoms with Gasteiger partial charge in [0.1, 0.15) is 5.75 Å². The molecular formula is C13H18Br2N2O3. The molecule has 3 N–H and O–H groups in total. The molecule has 0 atom stereocenters. The Bertz CT molecular complexity index is 432. The van der Waals surface area contributed by atoms with Gasteiger partial charge in [-0.25, -0.2) is 0 Å². The van der Waals surface area contributed by atoms with Gasteiger partial charge in [0.05, 0.1) is 15.6 Å². The number of rotatable bonds is 8. The Morgan fingerprint density at radius 1 is 1.35 bits per heavy atom. The van der Waals surface area contributed by atoms with Gasteiger partial charge in [-0.1, -0.05) is 0 Å². The zero-order valence-electron chi connectivity index (χ0n) is 11.2. The number of carbonyl (C=O) groups excluding carboxylic acids is 1. The summed E-state index contributed by atoms with van der Waals surface area (Å²) in [4.78, 5) is 11.5. The zero-order valence-corrected chi connectivity index (χ0v) is 14.4. The minimum absolute atomic E-state index is 0.0445. The van der Waals surface area contributed by atoms with E-state index in [4.69, 9.17) is 15.2 Å². The number of hydrogen-bond acceptors (Lipinski definition) is 4. The number of ether oxygens (including phenoxy) is 2. The summed E-state index contributed by atoms with van der Waals surface area (Å²) in [6.07, 6.45) is 0.787. The molecule has 0 aromatic heterocycles. The predicted molar refractivity (Wildman–Crippen MR) is 85.0 cm³/mol. The van der Waals surface area contributed by atoms with Crippen LogP contribution in [0.2, 0.25) is 0 Å². The van der Waals surface area contributed by atoms with Gasteiger partial charge in [-0.05, 0) is 62.5 Å². The Hall–Kier alpha value is -0.630. The van der Waals surface area contributed by atoms with E-state index in [0.717, 1.165) is 20.9 Å². The molecule has 0 aliphatic heterocycles. The lowest BCUT2D eigenvalue weighted by molar-refractivity contribution is -0.123. The van der Waals surface area contributed by atoms with Gasteiger partial charge in [0.15, 0.2) is 6.61 Å². The first kappa shape index (κ1) is 17.4. The van der Waals surface area contributed by atoms with Gasteiger partial charge in [0.25, 0.3) is 5.91 Å². The monoisotopic (exact) mass is 408 g/mol. The molecule has 112 valence electrons. The highest BCUT2D eigenvalue weighted by molar-refractivity contribution is 9.11. The summed E-state index contributed by atoms with van der Waals surface area (Å²) in [6.45, 7) is 1.49. The van der Waals surface area contributed by atoms with Crippen molar-refractivity contribution in [2.75, 3.05) is 33.4 Å². The molecule has 0 aliphatic rings. The molecule has 1 rings (SSSR count). The molecule has 0 aliphatic carbocycles. The summed E-state index contributed by atoms with van der Waals surface area (Å²) < 4.78 is 11.9. The fourth-order valence-electron chi connectivity index (χ4n) is 1.54. The van der Waals surface area contributed by atoms with E-state index in [1.54, 1.807) is 7.11 Å². The van der Waals surface area contributed by atoms with E-state index < -0.39 is 0 Å². The van der Waals surface area contributed by atoms with Crippen LogP contribution in [0.25, 0.3) is 0 Å². The molecule has 5 nitrogen and oxygen atoms in total.